The second-order valence-electron chi connectivity index (χ2n) is 6.46. The van der Waals surface area contributed by atoms with E-state index in [-0.39, 0.29) is 12.4 Å². The molecule has 2 aromatic rings. The molecule has 0 aromatic heterocycles. The van der Waals surface area contributed by atoms with Gasteiger partial charge in [0.05, 0.1) is 0 Å². The van der Waals surface area contributed by atoms with Gasteiger partial charge >= 0.3 is 0 Å². The molecule has 0 spiro atoms. The topological polar surface area (TPSA) is 15.3 Å². The maximum Gasteiger partial charge on any atom is 0.0379 e. The lowest BCUT2D eigenvalue weighted by molar-refractivity contribution is 0.194. The van der Waals surface area contributed by atoms with Gasteiger partial charge in [0, 0.05) is 37.3 Å². The van der Waals surface area contributed by atoms with Crippen LogP contribution in [0.3, 0.4) is 0 Å². The van der Waals surface area contributed by atoms with Crippen molar-refractivity contribution < 1.29 is 0 Å². The highest BCUT2D eigenvalue weighted by Crippen LogP contribution is 2.40. The Bertz CT molecular complexity index is 641. The molecule has 0 amide bonds. The van der Waals surface area contributed by atoms with Gasteiger partial charge in [-0.05, 0) is 30.5 Å². The van der Waals surface area contributed by atoms with E-state index in [2.05, 4.69) is 65.7 Å². The number of likely N-dealkylation sites (tertiary alicyclic amines) is 1. The largest absolute Gasteiger partial charge is 0.381 e. The van der Waals surface area contributed by atoms with Crippen LogP contribution in [0.1, 0.15) is 29.0 Å². The minimum Gasteiger partial charge on any atom is -0.381 e. The Kier molecular flexibility index (Phi) is 4.42. The molecule has 1 saturated heterocycles. The maximum absolute atomic E-state index is 3.72. The van der Waals surface area contributed by atoms with E-state index in [1.54, 1.807) is 0 Å². The fraction of sp³-hybridized carbons (Fsp3) is 0.368. The minimum atomic E-state index is 0. The number of hydrogen-bond donors (Lipinski definition) is 1. The van der Waals surface area contributed by atoms with Crippen LogP contribution in [0, 0.1) is 6.92 Å². The number of nitrogens with zero attached hydrogens (tertiary/aromatic N) is 1. The van der Waals surface area contributed by atoms with Crippen molar-refractivity contribution in [1.29, 1.82) is 0 Å². The summed E-state index contributed by atoms with van der Waals surface area (Å²) in [6, 6.07) is 18.3. The molecule has 2 aliphatic heterocycles. The van der Waals surface area contributed by atoms with Crippen LogP contribution in [0.2, 0.25) is 0 Å². The van der Waals surface area contributed by atoms with Crippen molar-refractivity contribution in [1.82, 2.24) is 4.90 Å². The number of hydrogen-bond acceptors (Lipinski definition) is 2. The molecule has 3 heteroatoms. The van der Waals surface area contributed by atoms with Gasteiger partial charge in [-0.1, -0.05) is 48.0 Å². The lowest BCUT2D eigenvalue weighted by Gasteiger charge is -2.35. The molecule has 2 heterocycles. The standard InChI is InChI=1S/C19H22N2.ClH/c1-14-7-8-18-16(11-14)17-13-21(10-9-19(17)20-18)12-15-5-3-2-4-6-15;/h2-8,11,17,19-20H,9-10,12-13H2,1H3;1H/t17-,19-;/m1./s1. The first-order chi connectivity index (χ1) is 10.3. The summed E-state index contributed by atoms with van der Waals surface area (Å²) in [4.78, 5) is 2.61. The van der Waals surface area contributed by atoms with E-state index in [0.717, 1.165) is 6.54 Å². The van der Waals surface area contributed by atoms with E-state index in [0.29, 0.717) is 12.0 Å². The number of benzene rings is 2. The molecule has 0 unspecified atom stereocenters. The van der Waals surface area contributed by atoms with Gasteiger partial charge in [-0.25, -0.2) is 0 Å². The van der Waals surface area contributed by atoms with Gasteiger partial charge in [0.2, 0.25) is 0 Å². The summed E-state index contributed by atoms with van der Waals surface area (Å²) in [6.07, 6.45) is 1.24. The predicted molar refractivity (Wildman–Crippen MR) is 94.9 cm³/mol. The number of halogens is 1. The number of fused-ring (bicyclic) bond motifs is 3. The lowest BCUT2D eigenvalue weighted by Crippen LogP contribution is -2.41. The summed E-state index contributed by atoms with van der Waals surface area (Å²) in [6.45, 7) is 5.63. The molecule has 22 heavy (non-hydrogen) atoms. The molecule has 2 aliphatic rings. The number of piperidine rings is 1. The average molecular weight is 315 g/mol. The van der Waals surface area contributed by atoms with E-state index in [1.807, 2.05) is 0 Å². The zero-order chi connectivity index (χ0) is 14.2. The quantitative estimate of drug-likeness (QED) is 0.893. The summed E-state index contributed by atoms with van der Waals surface area (Å²) < 4.78 is 0. The highest BCUT2D eigenvalue weighted by Gasteiger charge is 2.36. The van der Waals surface area contributed by atoms with Gasteiger partial charge in [0.25, 0.3) is 0 Å². The second-order valence-corrected chi connectivity index (χ2v) is 6.46. The summed E-state index contributed by atoms with van der Waals surface area (Å²) in [5.74, 6) is 0.650. The van der Waals surface area contributed by atoms with Crippen LogP contribution < -0.4 is 5.32 Å². The van der Waals surface area contributed by atoms with Crippen LogP contribution in [0.5, 0.6) is 0 Å². The maximum atomic E-state index is 3.72. The molecule has 1 N–H and O–H groups in total. The number of anilines is 1. The Labute approximate surface area is 138 Å². The Hall–Kier alpha value is -1.51. The number of nitrogens with one attached hydrogen (secondary N) is 1. The van der Waals surface area contributed by atoms with Gasteiger partial charge < -0.3 is 5.32 Å². The van der Waals surface area contributed by atoms with Crippen molar-refractivity contribution in [2.24, 2.45) is 0 Å². The van der Waals surface area contributed by atoms with Crippen LogP contribution >= 0.6 is 12.4 Å². The number of rotatable bonds is 2. The normalized spacial score (nSPS) is 23.1. The van der Waals surface area contributed by atoms with E-state index >= 15 is 0 Å². The van der Waals surface area contributed by atoms with Gasteiger partial charge in [-0.15, -0.1) is 12.4 Å². The molecule has 4 rings (SSSR count). The monoisotopic (exact) mass is 314 g/mol. The van der Waals surface area contributed by atoms with Crippen molar-refractivity contribution in [3.8, 4) is 0 Å². The average Bonchev–Trinajstić information content (AvgIpc) is 2.86. The molecule has 0 bridgehead atoms. The third kappa shape index (κ3) is 2.86. The molecular weight excluding hydrogens is 292 g/mol. The van der Waals surface area contributed by atoms with Gasteiger partial charge in [-0.3, -0.25) is 4.90 Å². The van der Waals surface area contributed by atoms with Crippen molar-refractivity contribution >= 4 is 18.1 Å². The Balaban J connectivity index is 0.00000144. The predicted octanol–water partition coefficient (Wildman–Crippen LogP) is 4.20. The van der Waals surface area contributed by atoms with Crippen LogP contribution in [0.25, 0.3) is 0 Å². The zero-order valence-electron chi connectivity index (χ0n) is 13.0. The SMILES string of the molecule is Cc1ccc2c(c1)[C@H]1CN(Cc3ccccc3)CC[C@H]1N2.Cl. The Morgan fingerprint density at radius 3 is 2.77 bits per heavy atom. The third-order valence-electron chi connectivity index (χ3n) is 4.89. The molecule has 0 radical (unpaired) electrons. The highest BCUT2D eigenvalue weighted by molar-refractivity contribution is 5.85. The number of aryl methyl sites for hydroxylation is 1. The van der Waals surface area contributed by atoms with Crippen LogP contribution in [0.15, 0.2) is 48.5 Å². The molecule has 1 fully saturated rings. The van der Waals surface area contributed by atoms with Gasteiger partial charge in [0.1, 0.15) is 0 Å². The Morgan fingerprint density at radius 2 is 1.95 bits per heavy atom. The third-order valence-corrected chi connectivity index (χ3v) is 4.89. The zero-order valence-corrected chi connectivity index (χ0v) is 13.8. The first-order valence-corrected chi connectivity index (χ1v) is 7.93. The molecule has 2 aromatic carbocycles. The fourth-order valence-electron chi connectivity index (χ4n) is 3.81. The van der Waals surface area contributed by atoms with E-state index in [1.165, 1.54) is 41.9 Å². The highest BCUT2D eigenvalue weighted by atomic mass is 35.5. The minimum absolute atomic E-state index is 0. The van der Waals surface area contributed by atoms with Crippen molar-refractivity contribution in [2.75, 3.05) is 18.4 Å². The molecule has 116 valence electrons. The van der Waals surface area contributed by atoms with Crippen LogP contribution in [-0.2, 0) is 6.54 Å². The van der Waals surface area contributed by atoms with E-state index in [4.69, 9.17) is 0 Å². The Morgan fingerprint density at radius 1 is 1.14 bits per heavy atom. The molecule has 0 aliphatic carbocycles. The molecular formula is C19H23ClN2. The van der Waals surface area contributed by atoms with Crippen LogP contribution in [-0.4, -0.2) is 24.0 Å². The first kappa shape index (κ1) is 15.4. The van der Waals surface area contributed by atoms with E-state index in [9.17, 15) is 0 Å². The van der Waals surface area contributed by atoms with E-state index < -0.39 is 0 Å². The second kappa shape index (κ2) is 6.31. The summed E-state index contributed by atoms with van der Waals surface area (Å²) in [5.41, 5.74) is 5.68. The van der Waals surface area contributed by atoms with Crippen LogP contribution in [0.4, 0.5) is 5.69 Å². The van der Waals surface area contributed by atoms with Crippen molar-refractivity contribution in [3.05, 3.63) is 65.2 Å². The van der Waals surface area contributed by atoms with Gasteiger partial charge in [-0.2, -0.15) is 0 Å². The fourth-order valence-corrected chi connectivity index (χ4v) is 3.81. The molecule has 2 atom stereocenters. The first-order valence-electron chi connectivity index (χ1n) is 7.93. The van der Waals surface area contributed by atoms with Crippen molar-refractivity contribution in [3.63, 3.8) is 0 Å². The summed E-state index contributed by atoms with van der Waals surface area (Å²) in [7, 11) is 0. The summed E-state index contributed by atoms with van der Waals surface area (Å²) in [5, 5.41) is 3.72. The molecule has 2 nitrogen and oxygen atoms in total. The van der Waals surface area contributed by atoms with Gasteiger partial charge in [0.15, 0.2) is 0 Å². The smallest absolute Gasteiger partial charge is 0.0379 e. The summed E-state index contributed by atoms with van der Waals surface area (Å²) >= 11 is 0. The lowest BCUT2D eigenvalue weighted by atomic mass is 9.88. The van der Waals surface area contributed by atoms with Crippen molar-refractivity contribution in [2.45, 2.75) is 31.8 Å². The molecule has 0 saturated carbocycles.